The second-order valence-electron chi connectivity index (χ2n) is 7.68. The average molecular weight is 383 g/mol. The molecule has 0 saturated carbocycles. The first-order chi connectivity index (χ1) is 12.9. The number of hydrogen-bond acceptors (Lipinski definition) is 3. The standard InChI is InChI=1S/C24H34N2S/c1-7-9-10-20(17-26(5)6)11-12-21-13-22(18(3)8-2)15-23(14-21)24-25-16-19(4)27-24/h7,13-16,20H,1,3,8-12,17H2,2,4-6H3. The van der Waals surface area contributed by atoms with Gasteiger partial charge in [0.2, 0.25) is 0 Å². The van der Waals surface area contributed by atoms with Crippen molar-refractivity contribution >= 4 is 16.9 Å². The van der Waals surface area contributed by atoms with E-state index in [9.17, 15) is 0 Å². The van der Waals surface area contributed by atoms with Crippen LogP contribution in [0.25, 0.3) is 16.1 Å². The van der Waals surface area contributed by atoms with Crippen molar-refractivity contribution in [3.8, 4) is 10.6 Å². The summed E-state index contributed by atoms with van der Waals surface area (Å²) in [6, 6.07) is 6.91. The highest BCUT2D eigenvalue weighted by molar-refractivity contribution is 7.14. The summed E-state index contributed by atoms with van der Waals surface area (Å²) >= 11 is 1.76. The minimum Gasteiger partial charge on any atom is -0.309 e. The molecule has 0 aliphatic rings. The lowest BCUT2D eigenvalue weighted by molar-refractivity contribution is 0.300. The van der Waals surface area contributed by atoms with E-state index in [0.717, 1.165) is 30.8 Å². The summed E-state index contributed by atoms with van der Waals surface area (Å²) in [5, 5.41) is 1.11. The van der Waals surface area contributed by atoms with E-state index in [-0.39, 0.29) is 0 Å². The van der Waals surface area contributed by atoms with Gasteiger partial charge in [-0.25, -0.2) is 4.98 Å². The molecule has 3 heteroatoms. The highest BCUT2D eigenvalue weighted by atomic mass is 32.1. The van der Waals surface area contributed by atoms with Gasteiger partial charge in [0.15, 0.2) is 0 Å². The van der Waals surface area contributed by atoms with E-state index in [1.807, 2.05) is 12.3 Å². The monoisotopic (exact) mass is 382 g/mol. The molecule has 1 aromatic carbocycles. The van der Waals surface area contributed by atoms with Gasteiger partial charge in [-0.15, -0.1) is 17.9 Å². The number of benzene rings is 1. The molecule has 0 aliphatic carbocycles. The number of aromatic nitrogens is 1. The topological polar surface area (TPSA) is 16.1 Å². The molecule has 2 rings (SSSR count). The van der Waals surface area contributed by atoms with Gasteiger partial charge < -0.3 is 4.90 Å². The van der Waals surface area contributed by atoms with Gasteiger partial charge in [-0.2, -0.15) is 0 Å². The molecule has 0 radical (unpaired) electrons. The minimum absolute atomic E-state index is 0.696. The molecule has 2 nitrogen and oxygen atoms in total. The molecule has 2 aromatic rings. The Morgan fingerprint density at radius 3 is 2.63 bits per heavy atom. The van der Waals surface area contributed by atoms with Gasteiger partial charge in [-0.05, 0) is 87.9 Å². The third kappa shape index (κ3) is 6.75. The third-order valence-corrected chi connectivity index (χ3v) is 5.90. The van der Waals surface area contributed by atoms with Gasteiger partial charge in [0, 0.05) is 23.2 Å². The molecule has 27 heavy (non-hydrogen) atoms. The number of hydrogen-bond donors (Lipinski definition) is 0. The maximum atomic E-state index is 4.60. The lowest BCUT2D eigenvalue weighted by Gasteiger charge is -2.21. The van der Waals surface area contributed by atoms with Crippen LogP contribution in [0, 0.1) is 12.8 Å². The number of allylic oxidation sites excluding steroid dienone is 2. The van der Waals surface area contributed by atoms with Crippen LogP contribution in [-0.2, 0) is 6.42 Å². The molecule has 1 heterocycles. The van der Waals surface area contributed by atoms with E-state index in [0.29, 0.717) is 5.92 Å². The number of rotatable bonds is 11. The van der Waals surface area contributed by atoms with Crippen LogP contribution in [0.4, 0.5) is 0 Å². The van der Waals surface area contributed by atoms with Crippen LogP contribution in [0.1, 0.15) is 48.6 Å². The zero-order chi connectivity index (χ0) is 19.8. The summed E-state index contributed by atoms with van der Waals surface area (Å²) in [6.07, 6.45) is 9.57. The van der Waals surface area contributed by atoms with E-state index in [1.54, 1.807) is 11.3 Å². The Kier molecular flexibility index (Phi) is 8.46. The van der Waals surface area contributed by atoms with Crippen molar-refractivity contribution in [3.05, 3.63) is 59.6 Å². The fraction of sp³-hybridized carbons (Fsp3) is 0.458. The van der Waals surface area contributed by atoms with Crippen LogP contribution in [0.2, 0.25) is 0 Å². The SMILES string of the molecule is C=CCCC(CCc1cc(C(=C)CC)cc(-c2ncc(C)s2)c1)CN(C)C. The molecule has 0 bridgehead atoms. The van der Waals surface area contributed by atoms with Crippen LogP contribution in [0.15, 0.2) is 43.6 Å². The van der Waals surface area contributed by atoms with E-state index >= 15 is 0 Å². The van der Waals surface area contributed by atoms with Crippen molar-refractivity contribution in [2.45, 2.75) is 46.0 Å². The summed E-state index contributed by atoms with van der Waals surface area (Å²) in [5.41, 5.74) is 5.08. The van der Waals surface area contributed by atoms with Crippen molar-refractivity contribution in [1.29, 1.82) is 0 Å². The summed E-state index contributed by atoms with van der Waals surface area (Å²) in [7, 11) is 4.32. The summed E-state index contributed by atoms with van der Waals surface area (Å²) in [6.45, 7) is 13.6. The lowest BCUT2D eigenvalue weighted by Crippen LogP contribution is -2.22. The molecule has 0 amide bonds. The second-order valence-corrected chi connectivity index (χ2v) is 8.92. The fourth-order valence-corrected chi connectivity index (χ4v) is 4.18. The Morgan fingerprint density at radius 2 is 2.04 bits per heavy atom. The summed E-state index contributed by atoms with van der Waals surface area (Å²) in [5.74, 6) is 0.696. The molecule has 1 aromatic heterocycles. The molecule has 0 fully saturated rings. The molecular formula is C24H34N2S. The molecule has 1 atom stereocenters. The van der Waals surface area contributed by atoms with Crippen molar-refractivity contribution in [2.75, 3.05) is 20.6 Å². The lowest BCUT2D eigenvalue weighted by atomic mass is 9.92. The molecule has 0 saturated heterocycles. The minimum atomic E-state index is 0.696. The molecule has 0 aliphatic heterocycles. The number of nitrogens with zero attached hydrogens (tertiary/aromatic N) is 2. The normalized spacial score (nSPS) is 12.3. The van der Waals surface area contributed by atoms with Crippen LogP contribution >= 0.6 is 11.3 Å². The largest absolute Gasteiger partial charge is 0.309 e. The Bertz CT molecular complexity index is 757. The Labute approximate surface area is 169 Å². The van der Waals surface area contributed by atoms with Gasteiger partial charge in [0.05, 0.1) is 0 Å². The fourth-order valence-electron chi connectivity index (χ4n) is 3.42. The summed E-state index contributed by atoms with van der Waals surface area (Å²) in [4.78, 5) is 8.15. The maximum Gasteiger partial charge on any atom is 0.123 e. The van der Waals surface area contributed by atoms with E-state index in [1.165, 1.54) is 40.0 Å². The predicted octanol–water partition coefficient (Wildman–Crippen LogP) is 6.62. The van der Waals surface area contributed by atoms with Gasteiger partial charge in [-0.3, -0.25) is 0 Å². The molecule has 0 N–H and O–H groups in total. The highest BCUT2D eigenvalue weighted by Crippen LogP contribution is 2.30. The van der Waals surface area contributed by atoms with E-state index < -0.39 is 0 Å². The number of aryl methyl sites for hydroxylation is 2. The zero-order valence-corrected chi connectivity index (χ0v) is 18.2. The van der Waals surface area contributed by atoms with Crippen LogP contribution in [-0.4, -0.2) is 30.5 Å². The Hall–Kier alpha value is -1.71. The third-order valence-electron chi connectivity index (χ3n) is 4.94. The second kappa shape index (κ2) is 10.6. The number of thiazole rings is 1. The molecule has 146 valence electrons. The predicted molar refractivity (Wildman–Crippen MR) is 121 cm³/mol. The first-order valence-electron chi connectivity index (χ1n) is 9.93. The average Bonchev–Trinajstić information content (AvgIpc) is 3.09. The van der Waals surface area contributed by atoms with Gasteiger partial charge in [0.25, 0.3) is 0 Å². The van der Waals surface area contributed by atoms with Gasteiger partial charge >= 0.3 is 0 Å². The molecule has 0 spiro atoms. The van der Waals surface area contributed by atoms with Crippen molar-refractivity contribution in [3.63, 3.8) is 0 Å². The van der Waals surface area contributed by atoms with Crippen LogP contribution in [0.5, 0.6) is 0 Å². The van der Waals surface area contributed by atoms with Crippen molar-refractivity contribution < 1.29 is 0 Å². The first kappa shape index (κ1) is 21.6. The highest BCUT2D eigenvalue weighted by Gasteiger charge is 2.12. The van der Waals surface area contributed by atoms with Gasteiger partial charge in [0.1, 0.15) is 5.01 Å². The maximum absolute atomic E-state index is 4.60. The summed E-state index contributed by atoms with van der Waals surface area (Å²) < 4.78 is 0. The quantitative estimate of drug-likeness (QED) is 0.406. The van der Waals surface area contributed by atoms with Gasteiger partial charge in [-0.1, -0.05) is 25.6 Å². The van der Waals surface area contributed by atoms with Crippen molar-refractivity contribution in [1.82, 2.24) is 9.88 Å². The van der Waals surface area contributed by atoms with E-state index in [2.05, 4.69) is 69.2 Å². The molecule has 1 unspecified atom stereocenters. The smallest absolute Gasteiger partial charge is 0.123 e. The van der Waals surface area contributed by atoms with Crippen molar-refractivity contribution in [2.24, 2.45) is 5.92 Å². The van der Waals surface area contributed by atoms with E-state index in [4.69, 9.17) is 0 Å². The van der Waals surface area contributed by atoms with Crippen LogP contribution in [0.3, 0.4) is 0 Å². The Morgan fingerprint density at radius 1 is 1.26 bits per heavy atom. The first-order valence-corrected chi connectivity index (χ1v) is 10.7. The van der Waals surface area contributed by atoms with Crippen LogP contribution < -0.4 is 0 Å². The Balaban J connectivity index is 2.23. The molecular weight excluding hydrogens is 348 g/mol. The zero-order valence-electron chi connectivity index (χ0n) is 17.4.